The Morgan fingerprint density at radius 1 is 1.35 bits per heavy atom. The van der Waals surface area contributed by atoms with Gasteiger partial charge in [-0.1, -0.05) is 42.9 Å². The van der Waals surface area contributed by atoms with Gasteiger partial charge in [-0.15, -0.1) is 11.8 Å². The topological polar surface area (TPSA) is 66.8 Å². The zero-order chi connectivity index (χ0) is 22.8. The standard InChI is InChI=1S/C26H38O4S/c1-17-19(13-21(27)14-23(17)28)9-8-18-7-6-12-26(5)20(10-11-22(18)26)15-31-16-24(29)30-25(2,3)4/h8-10,21-23,27-28H,1,6-7,11-16H2,2-5H3/b18-8+,19-9-/t21-,22+,23+,26-/m1/s1. The number of carbonyl (C=O) groups is 1. The molecule has 0 saturated heterocycles. The summed E-state index contributed by atoms with van der Waals surface area (Å²) in [6.07, 6.45) is 10.9. The summed E-state index contributed by atoms with van der Waals surface area (Å²) in [5.41, 5.74) is 4.32. The van der Waals surface area contributed by atoms with Crippen LogP contribution in [-0.4, -0.2) is 45.5 Å². The van der Waals surface area contributed by atoms with Gasteiger partial charge in [0.05, 0.1) is 18.0 Å². The molecule has 0 aliphatic heterocycles. The van der Waals surface area contributed by atoms with Crippen molar-refractivity contribution in [2.75, 3.05) is 11.5 Å². The van der Waals surface area contributed by atoms with E-state index < -0.39 is 17.8 Å². The van der Waals surface area contributed by atoms with Crippen LogP contribution in [0.4, 0.5) is 0 Å². The van der Waals surface area contributed by atoms with Crippen molar-refractivity contribution >= 4 is 17.7 Å². The molecule has 31 heavy (non-hydrogen) atoms. The summed E-state index contributed by atoms with van der Waals surface area (Å²) >= 11 is 1.65. The van der Waals surface area contributed by atoms with E-state index in [0.717, 1.165) is 36.2 Å². The Bertz CT molecular complexity index is 801. The third-order valence-corrected chi connectivity index (χ3v) is 7.83. The Labute approximate surface area is 191 Å². The lowest BCUT2D eigenvalue weighted by molar-refractivity contribution is -0.151. The van der Waals surface area contributed by atoms with E-state index in [4.69, 9.17) is 4.74 Å². The number of esters is 1. The van der Waals surface area contributed by atoms with Crippen LogP contribution in [0.15, 0.2) is 47.1 Å². The van der Waals surface area contributed by atoms with E-state index >= 15 is 0 Å². The lowest BCUT2D eigenvalue weighted by Gasteiger charge is -2.41. The van der Waals surface area contributed by atoms with Gasteiger partial charge in [0.15, 0.2) is 0 Å². The summed E-state index contributed by atoms with van der Waals surface area (Å²) in [6, 6.07) is 0. The van der Waals surface area contributed by atoms with Crippen molar-refractivity contribution < 1.29 is 19.7 Å². The summed E-state index contributed by atoms with van der Waals surface area (Å²) < 4.78 is 5.43. The van der Waals surface area contributed by atoms with Crippen molar-refractivity contribution in [1.29, 1.82) is 0 Å². The van der Waals surface area contributed by atoms with Crippen molar-refractivity contribution in [3.8, 4) is 0 Å². The van der Waals surface area contributed by atoms with E-state index in [1.165, 1.54) is 17.6 Å². The molecule has 2 N–H and O–H groups in total. The highest BCUT2D eigenvalue weighted by molar-refractivity contribution is 8.00. The third kappa shape index (κ3) is 5.94. The first-order valence-electron chi connectivity index (χ1n) is 11.4. The minimum atomic E-state index is -0.647. The first kappa shape index (κ1) is 24.3. The fourth-order valence-electron chi connectivity index (χ4n) is 5.21. The van der Waals surface area contributed by atoms with Gasteiger partial charge in [-0.2, -0.15) is 0 Å². The maximum Gasteiger partial charge on any atom is 0.316 e. The van der Waals surface area contributed by atoms with Gasteiger partial charge < -0.3 is 14.9 Å². The second-order valence-corrected chi connectivity index (χ2v) is 11.4. The molecule has 2 fully saturated rings. The molecule has 0 spiro atoms. The Morgan fingerprint density at radius 3 is 2.81 bits per heavy atom. The maximum atomic E-state index is 12.0. The Kier molecular flexibility index (Phi) is 7.60. The molecule has 172 valence electrons. The van der Waals surface area contributed by atoms with Gasteiger partial charge in [-0.05, 0) is 75.4 Å². The average Bonchev–Trinajstić information content (AvgIpc) is 2.99. The largest absolute Gasteiger partial charge is 0.459 e. The molecule has 0 aromatic carbocycles. The van der Waals surface area contributed by atoms with Crippen LogP contribution in [0.3, 0.4) is 0 Å². The molecule has 0 aromatic rings. The molecule has 0 aromatic heterocycles. The van der Waals surface area contributed by atoms with Crippen molar-refractivity contribution in [2.24, 2.45) is 11.3 Å². The predicted octanol–water partition coefficient (Wildman–Crippen LogP) is 5.12. The SMILES string of the molecule is C=C1/C(=C\C=C2/CCC[C@]3(C)C(CSCC(=O)OC(C)(C)C)=CC[C@@H]23)C[C@@H](O)C[C@@H]1O. The average molecular weight is 447 g/mol. The number of hydrogen-bond donors (Lipinski definition) is 2. The predicted molar refractivity (Wildman–Crippen MR) is 128 cm³/mol. The summed E-state index contributed by atoms with van der Waals surface area (Å²) in [7, 11) is 0. The molecule has 0 bridgehead atoms. The van der Waals surface area contributed by atoms with Crippen LogP contribution in [0.25, 0.3) is 0 Å². The quantitative estimate of drug-likeness (QED) is 0.453. The number of thioether (sulfide) groups is 1. The van der Waals surface area contributed by atoms with Crippen LogP contribution >= 0.6 is 11.8 Å². The highest BCUT2D eigenvalue weighted by Gasteiger charge is 2.44. The molecule has 0 unspecified atom stereocenters. The number of rotatable bonds is 5. The van der Waals surface area contributed by atoms with Gasteiger partial charge in [-0.25, -0.2) is 0 Å². The molecular weight excluding hydrogens is 408 g/mol. The molecule has 5 heteroatoms. The van der Waals surface area contributed by atoms with Crippen molar-refractivity contribution in [1.82, 2.24) is 0 Å². The minimum absolute atomic E-state index is 0.145. The molecule has 0 heterocycles. The number of aliphatic hydroxyl groups excluding tert-OH is 2. The normalized spacial score (nSPS) is 34.1. The monoisotopic (exact) mass is 446 g/mol. The van der Waals surface area contributed by atoms with E-state index in [-0.39, 0.29) is 11.4 Å². The molecular formula is C26H38O4S. The molecule has 3 aliphatic carbocycles. The van der Waals surface area contributed by atoms with Crippen molar-refractivity contribution in [3.63, 3.8) is 0 Å². The number of carbonyl (C=O) groups excluding carboxylic acids is 1. The number of ether oxygens (including phenoxy) is 1. The van der Waals surface area contributed by atoms with E-state index in [0.29, 0.717) is 24.5 Å². The zero-order valence-corrected chi connectivity index (χ0v) is 20.3. The van der Waals surface area contributed by atoms with E-state index in [2.05, 4.69) is 31.7 Å². The molecule has 0 radical (unpaired) electrons. The van der Waals surface area contributed by atoms with Crippen LogP contribution < -0.4 is 0 Å². The fourth-order valence-corrected chi connectivity index (χ4v) is 6.21. The summed E-state index contributed by atoms with van der Waals surface area (Å²) in [6.45, 7) is 12.1. The summed E-state index contributed by atoms with van der Waals surface area (Å²) in [5.74, 6) is 1.60. The third-order valence-electron chi connectivity index (χ3n) is 6.87. The zero-order valence-electron chi connectivity index (χ0n) is 19.4. The Balaban J connectivity index is 1.64. The molecule has 3 rings (SSSR count). The second-order valence-electron chi connectivity index (χ2n) is 10.4. The number of fused-ring (bicyclic) bond motifs is 1. The minimum Gasteiger partial charge on any atom is -0.459 e. The van der Waals surface area contributed by atoms with Crippen LogP contribution in [0.2, 0.25) is 0 Å². The first-order chi connectivity index (χ1) is 14.5. The molecule has 0 amide bonds. The first-order valence-corrected chi connectivity index (χ1v) is 12.6. The van der Waals surface area contributed by atoms with Crippen LogP contribution in [-0.2, 0) is 9.53 Å². The molecule has 4 atom stereocenters. The van der Waals surface area contributed by atoms with Gasteiger partial charge in [0, 0.05) is 12.2 Å². The van der Waals surface area contributed by atoms with E-state index in [1.54, 1.807) is 11.8 Å². The lowest BCUT2D eigenvalue weighted by atomic mass is 9.64. The number of aliphatic hydroxyl groups is 2. The smallest absolute Gasteiger partial charge is 0.316 e. The van der Waals surface area contributed by atoms with Crippen LogP contribution in [0.1, 0.15) is 66.2 Å². The van der Waals surface area contributed by atoms with Gasteiger partial charge >= 0.3 is 5.97 Å². The lowest BCUT2D eigenvalue weighted by Crippen LogP contribution is -2.31. The molecule has 4 nitrogen and oxygen atoms in total. The summed E-state index contributed by atoms with van der Waals surface area (Å²) in [4.78, 5) is 12.0. The Morgan fingerprint density at radius 2 is 2.10 bits per heavy atom. The van der Waals surface area contributed by atoms with Gasteiger partial charge in [-0.3, -0.25) is 4.79 Å². The highest BCUT2D eigenvalue weighted by atomic mass is 32.2. The Hall–Kier alpha value is -1.30. The molecule has 3 aliphatic rings. The second kappa shape index (κ2) is 9.68. The van der Waals surface area contributed by atoms with Gasteiger partial charge in [0.1, 0.15) is 5.60 Å². The highest BCUT2D eigenvalue weighted by Crippen LogP contribution is 2.55. The van der Waals surface area contributed by atoms with Gasteiger partial charge in [0.2, 0.25) is 0 Å². The maximum absolute atomic E-state index is 12.0. The summed E-state index contributed by atoms with van der Waals surface area (Å²) in [5, 5.41) is 20.1. The number of allylic oxidation sites excluding steroid dienone is 4. The van der Waals surface area contributed by atoms with E-state index in [9.17, 15) is 15.0 Å². The van der Waals surface area contributed by atoms with E-state index in [1.807, 2.05) is 20.8 Å². The van der Waals surface area contributed by atoms with Crippen LogP contribution in [0.5, 0.6) is 0 Å². The fraction of sp³-hybridized carbons (Fsp3) is 0.654. The van der Waals surface area contributed by atoms with Gasteiger partial charge in [0.25, 0.3) is 0 Å². The molecule has 2 saturated carbocycles. The number of hydrogen-bond acceptors (Lipinski definition) is 5. The van der Waals surface area contributed by atoms with Crippen molar-refractivity contribution in [3.05, 3.63) is 47.1 Å². The van der Waals surface area contributed by atoms with Crippen LogP contribution in [0, 0.1) is 11.3 Å². The van der Waals surface area contributed by atoms with Crippen molar-refractivity contribution in [2.45, 2.75) is 84.0 Å².